The zero-order valence-corrected chi connectivity index (χ0v) is 12.2. The Kier molecular flexibility index (Phi) is 5.78. The molecule has 0 radical (unpaired) electrons. The summed E-state index contributed by atoms with van der Waals surface area (Å²) in [5.74, 6) is -2.25. The van der Waals surface area contributed by atoms with Crippen molar-refractivity contribution in [3.8, 4) is 0 Å². The summed E-state index contributed by atoms with van der Waals surface area (Å²) in [4.78, 5) is 23.2. The van der Waals surface area contributed by atoms with Crippen molar-refractivity contribution in [2.75, 3.05) is 6.54 Å². The Bertz CT molecular complexity index is 472. The van der Waals surface area contributed by atoms with Crippen molar-refractivity contribution < 1.29 is 14.7 Å². The van der Waals surface area contributed by atoms with Crippen LogP contribution in [0, 0.1) is 11.8 Å². The van der Waals surface area contributed by atoms with Crippen LogP contribution in [0.3, 0.4) is 0 Å². The van der Waals surface area contributed by atoms with Gasteiger partial charge in [-0.15, -0.1) is 0 Å². The van der Waals surface area contributed by atoms with Crippen LogP contribution in [0.4, 0.5) is 0 Å². The van der Waals surface area contributed by atoms with Gasteiger partial charge in [0.2, 0.25) is 5.91 Å². The molecule has 0 aromatic heterocycles. The van der Waals surface area contributed by atoms with Gasteiger partial charge < -0.3 is 15.2 Å². The van der Waals surface area contributed by atoms with E-state index in [0.29, 0.717) is 19.4 Å². The fourth-order valence-corrected chi connectivity index (χ4v) is 3.01. The summed E-state index contributed by atoms with van der Waals surface area (Å²) in [6.07, 6.45) is 4.78. The number of hydrogen-bond acceptors (Lipinski definition) is 3. The minimum atomic E-state index is -1.08. The zero-order chi connectivity index (χ0) is 15.1. The number of carbonyl (C=O) groups is 2. The van der Waals surface area contributed by atoms with Crippen LogP contribution >= 0.6 is 0 Å². The van der Waals surface area contributed by atoms with E-state index in [4.69, 9.17) is 0 Å². The van der Waals surface area contributed by atoms with Crippen molar-refractivity contribution in [3.05, 3.63) is 35.9 Å². The molecule has 0 heterocycles. The van der Waals surface area contributed by atoms with Gasteiger partial charge in [0.15, 0.2) is 0 Å². The molecule has 4 nitrogen and oxygen atoms in total. The highest BCUT2D eigenvalue weighted by Gasteiger charge is 2.31. The summed E-state index contributed by atoms with van der Waals surface area (Å²) < 4.78 is 0. The second-order valence-electron chi connectivity index (χ2n) is 5.70. The maximum atomic E-state index is 12.1. The lowest BCUT2D eigenvalue weighted by atomic mass is 9.78. The van der Waals surface area contributed by atoms with Gasteiger partial charge in [0.05, 0.1) is 0 Å². The summed E-state index contributed by atoms with van der Waals surface area (Å²) in [5.41, 5.74) is 1.25. The molecule has 1 aliphatic carbocycles. The average molecular weight is 288 g/mol. The highest BCUT2D eigenvalue weighted by Crippen LogP contribution is 2.29. The van der Waals surface area contributed by atoms with E-state index in [1.165, 1.54) is 5.56 Å². The molecule has 0 saturated heterocycles. The number of nitrogens with one attached hydrogen (secondary N) is 1. The SMILES string of the molecule is O=C(NCCCc1ccccc1)[C@H]1CCCC[C@H]1C(=O)[O-]. The first-order valence-electron chi connectivity index (χ1n) is 7.71. The van der Waals surface area contributed by atoms with Gasteiger partial charge in [0, 0.05) is 24.3 Å². The predicted octanol–water partition coefficient (Wildman–Crippen LogP) is 1.29. The predicted molar refractivity (Wildman–Crippen MR) is 78.2 cm³/mol. The number of benzene rings is 1. The van der Waals surface area contributed by atoms with Crippen molar-refractivity contribution in [1.29, 1.82) is 0 Å². The van der Waals surface area contributed by atoms with E-state index in [1.807, 2.05) is 18.2 Å². The number of rotatable bonds is 6. The van der Waals surface area contributed by atoms with E-state index in [9.17, 15) is 14.7 Å². The summed E-state index contributed by atoms with van der Waals surface area (Å²) in [5, 5.41) is 14.0. The van der Waals surface area contributed by atoms with E-state index in [1.54, 1.807) is 0 Å². The number of aryl methyl sites for hydroxylation is 1. The Balaban J connectivity index is 1.74. The number of hydrogen-bond donors (Lipinski definition) is 1. The van der Waals surface area contributed by atoms with Crippen molar-refractivity contribution in [2.45, 2.75) is 38.5 Å². The highest BCUT2D eigenvalue weighted by atomic mass is 16.4. The largest absolute Gasteiger partial charge is 0.550 e. The van der Waals surface area contributed by atoms with Gasteiger partial charge in [0.1, 0.15) is 0 Å². The lowest BCUT2D eigenvalue weighted by Gasteiger charge is -2.31. The van der Waals surface area contributed by atoms with Gasteiger partial charge in [0.25, 0.3) is 0 Å². The Morgan fingerprint density at radius 2 is 1.76 bits per heavy atom. The summed E-state index contributed by atoms with van der Waals surface area (Å²) >= 11 is 0. The third-order valence-electron chi connectivity index (χ3n) is 4.19. The Labute approximate surface area is 125 Å². The summed E-state index contributed by atoms with van der Waals surface area (Å²) in [6.45, 7) is 0.587. The van der Waals surface area contributed by atoms with Gasteiger partial charge in [-0.3, -0.25) is 4.79 Å². The average Bonchev–Trinajstić information content (AvgIpc) is 2.52. The smallest absolute Gasteiger partial charge is 0.223 e. The number of amides is 1. The van der Waals surface area contributed by atoms with E-state index < -0.39 is 17.8 Å². The van der Waals surface area contributed by atoms with Crippen molar-refractivity contribution in [3.63, 3.8) is 0 Å². The van der Waals surface area contributed by atoms with Crippen LogP contribution in [-0.2, 0) is 16.0 Å². The molecule has 0 spiro atoms. The maximum absolute atomic E-state index is 12.1. The molecule has 0 unspecified atom stereocenters. The maximum Gasteiger partial charge on any atom is 0.223 e. The zero-order valence-electron chi connectivity index (χ0n) is 12.2. The van der Waals surface area contributed by atoms with Crippen LogP contribution in [0.25, 0.3) is 0 Å². The molecule has 4 heteroatoms. The quantitative estimate of drug-likeness (QED) is 0.802. The molecule has 1 amide bonds. The Morgan fingerprint density at radius 3 is 2.43 bits per heavy atom. The first-order chi connectivity index (χ1) is 10.2. The van der Waals surface area contributed by atoms with Gasteiger partial charge in [-0.25, -0.2) is 0 Å². The van der Waals surface area contributed by atoms with Crippen LogP contribution in [0.5, 0.6) is 0 Å². The molecule has 1 aliphatic rings. The first-order valence-corrected chi connectivity index (χ1v) is 7.71. The topological polar surface area (TPSA) is 69.2 Å². The molecule has 114 valence electrons. The molecular weight excluding hydrogens is 266 g/mol. The molecule has 0 aliphatic heterocycles. The monoisotopic (exact) mass is 288 g/mol. The van der Waals surface area contributed by atoms with Crippen molar-refractivity contribution in [1.82, 2.24) is 5.32 Å². The fraction of sp³-hybridized carbons (Fsp3) is 0.529. The first kappa shape index (κ1) is 15.5. The van der Waals surface area contributed by atoms with Crippen LogP contribution in [0.1, 0.15) is 37.7 Å². The number of carboxylic acids is 1. The third-order valence-corrected chi connectivity index (χ3v) is 4.19. The molecule has 1 aromatic carbocycles. The second-order valence-corrected chi connectivity index (χ2v) is 5.70. The summed E-state index contributed by atoms with van der Waals surface area (Å²) in [7, 11) is 0. The van der Waals surface area contributed by atoms with E-state index in [0.717, 1.165) is 25.7 Å². The standard InChI is InChI=1S/C17H23NO3/c19-16(14-10-4-5-11-15(14)17(20)21)18-12-6-9-13-7-2-1-3-8-13/h1-3,7-8,14-15H,4-6,9-12H2,(H,18,19)(H,20,21)/p-1/t14-,15+/m0/s1. The minimum Gasteiger partial charge on any atom is -0.550 e. The molecule has 2 rings (SSSR count). The Morgan fingerprint density at radius 1 is 1.10 bits per heavy atom. The van der Waals surface area contributed by atoms with E-state index in [-0.39, 0.29) is 5.91 Å². The number of carbonyl (C=O) groups excluding carboxylic acids is 2. The van der Waals surface area contributed by atoms with E-state index >= 15 is 0 Å². The molecule has 1 fully saturated rings. The lowest BCUT2D eigenvalue weighted by molar-refractivity contribution is -0.314. The normalized spacial score (nSPS) is 21.7. The second kappa shape index (κ2) is 7.81. The van der Waals surface area contributed by atoms with Crippen molar-refractivity contribution >= 4 is 11.9 Å². The van der Waals surface area contributed by atoms with Crippen LogP contribution < -0.4 is 10.4 Å². The van der Waals surface area contributed by atoms with Crippen LogP contribution in [0.15, 0.2) is 30.3 Å². The van der Waals surface area contributed by atoms with E-state index in [2.05, 4.69) is 17.4 Å². The lowest BCUT2D eigenvalue weighted by Crippen LogP contribution is -2.44. The fourth-order valence-electron chi connectivity index (χ4n) is 3.01. The molecule has 21 heavy (non-hydrogen) atoms. The van der Waals surface area contributed by atoms with Gasteiger partial charge in [-0.2, -0.15) is 0 Å². The molecule has 1 aromatic rings. The third kappa shape index (κ3) is 4.59. The van der Waals surface area contributed by atoms with Crippen LogP contribution in [0.2, 0.25) is 0 Å². The molecule has 2 atom stereocenters. The summed E-state index contributed by atoms with van der Waals surface area (Å²) in [6, 6.07) is 10.1. The van der Waals surface area contributed by atoms with Gasteiger partial charge in [-0.05, 0) is 31.2 Å². The Hall–Kier alpha value is -1.84. The highest BCUT2D eigenvalue weighted by molar-refractivity contribution is 5.84. The molecular formula is C17H22NO3-. The van der Waals surface area contributed by atoms with Gasteiger partial charge in [-0.1, -0.05) is 43.2 Å². The van der Waals surface area contributed by atoms with Crippen molar-refractivity contribution in [2.24, 2.45) is 11.8 Å². The number of carboxylic acid groups (broad SMARTS) is 1. The number of aliphatic carboxylic acids is 1. The molecule has 0 bridgehead atoms. The molecule has 1 saturated carbocycles. The molecule has 1 N–H and O–H groups in total. The van der Waals surface area contributed by atoms with Gasteiger partial charge >= 0.3 is 0 Å². The minimum absolute atomic E-state index is 0.128. The van der Waals surface area contributed by atoms with Crippen LogP contribution in [-0.4, -0.2) is 18.4 Å².